The van der Waals surface area contributed by atoms with Crippen LogP contribution in [0.25, 0.3) is 0 Å². The Balaban J connectivity index is 2.25. The van der Waals surface area contributed by atoms with Crippen molar-refractivity contribution in [3.05, 3.63) is 63.4 Å². The molecule has 2 N–H and O–H groups in total. The predicted molar refractivity (Wildman–Crippen MR) is 80.0 cm³/mol. The molecule has 2 aromatic carbocycles. The fourth-order valence-corrected chi connectivity index (χ4v) is 2.56. The fraction of sp³-hybridized carbons (Fsp3) is 0.200. The summed E-state index contributed by atoms with van der Waals surface area (Å²) >= 11 is 12.3. The third-order valence-electron chi connectivity index (χ3n) is 3.02. The van der Waals surface area contributed by atoms with Crippen molar-refractivity contribution in [3.63, 3.8) is 0 Å². The SMILES string of the molecule is COc1cc(Cl)c(C(N)Cc2cccc(F)c2)cc1Cl. The minimum atomic E-state index is -0.368. The van der Waals surface area contributed by atoms with Gasteiger partial charge in [-0.25, -0.2) is 4.39 Å². The first-order chi connectivity index (χ1) is 9.51. The zero-order valence-electron chi connectivity index (χ0n) is 10.9. The van der Waals surface area contributed by atoms with Gasteiger partial charge in [-0.2, -0.15) is 0 Å². The molecular weight excluding hydrogens is 300 g/mol. The molecule has 106 valence electrons. The molecule has 0 heterocycles. The molecule has 2 rings (SSSR count). The molecular formula is C15H14Cl2FNO. The van der Waals surface area contributed by atoms with Crippen LogP contribution in [-0.2, 0) is 6.42 Å². The smallest absolute Gasteiger partial charge is 0.138 e. The van der Waals surface area contributed by atoms with Gasteiger partial charge in [0.05, 0.1) is 12.1 Å². The summed E-state index contributed by atoms with van der Waals surface area (Å²) < 4.78 is 18.2. The molecule has 0 aromatic heterocycles. The monoisotopic (exact) mass is 313 g/mol. The van der Waals surface area contributed by atoms with Crippen LogP contribution in [0.3, 0.4) is 0 Å². The Morgan fingerprint density at radius 1 is 1.20 bits per heavy atom. The second-order valence-electron chi connectivity index (χ2n) is 4.45. The van der Waals surface area contributed by atoms with Crippen LogP contribution in [0.2, 0.25) is 10.0 Å². The number of halogens is 3. The van der Waals surface area contributed by atoms with Gasteiger partial charge in [-0.15, -0.1) is 0 Å². The standard InChI is InChI=1S/C15H14Cl2FNO/c1-20-15-8-12(16)11(7-13(15)17)14(19)6-9-3-2-4-10(18)5-9/h2-5,7-8,14H,6,19H2,1H3. The minimum Gasteiger partial charge on any atom is -0.495 e. The van der Waals surface area contributed by atoms with E-state index < -0.39 is 0 Å². The van der Waals surface area contributed by atoms with E-state index in [-0.39, 0.29) is 11.9 Å². The molecule has 2 nitrogen and oxygen atoms in total. The van der Waals surface area contributed by atoms with E-state index in [2.05, 4.69) is 0 Å². The maximum atomic E-state index is 13.2. The molecule has 0 aliphatic rings. The lowest BCUT2D eigenvalue weighted by Gasteiger charge is -2.16. The number of rotatable bonds is 4. The number of ether oxygens (including phenoxy) is 1. The summed E-state index contributed by atoms with van der Waals surface area (Å²) in [5.41, 5.74) is 7.65. The summed E-state index contributed by atoms with van der Waals surface area (Å²) in [5.74, 6) is 0.215. The van der Waals surface area contributed by atoms with Gasteiger partial charge in [0.1, 0.15) is 11.6 Å². The van der Waals surface area contributed by atoms with Crippen LogP contribution in [0, 0.1) is 5.82 Å². The molecule has 0 bridgehead atoms. The first-order valence-corrected chi connectivity index (χ1v) is 6.80. The molecule has 0 saturated heterocycles. The molecule has 0 fully saturated rings. The highest BCUT2D eigenvalue weighted by molar-refractivity contribution is 6.34. The molecule has 0 amide bonds. The second kappa shape index (κ2) is 6.44. The quantitative estimate of drug-likeness (QED) is 0.909. The van der Waals surface area contributed by atoms with Crippen LogP contribution in [0.1, 0.15) is 17.2 Å². The van der Waals surface area contributed by atoms with Crippen molar-refractivity contribution in [1.29, 1.82) is 0 Å². The molecule has 0 aliphatic carbocycles. The van der Waals surface area contributed by atoms with Gasteiger partial charge < -0.3 is 10.5 Å². The fourth-order valence-electron chi connectivity index (χ4n) is 2.01. The first kappa shape index (κ1) is 15.1. The number of hydrogen-bond donors (Lipinski definition) is 1. The third kappa shape index (κ3) is 3.42. The van der Waals surface area contributed by atoms with Gasteiger partial charge in [0.25, 0.3) is 0 Å². The Morgan fingerprint density at radius 3 is 2.60 bits per heavy atom. The van der Waals surface area contributed by atoms with Gasteiger partial charge in [0.15, 0.2) is 0 Å². The normalized spacial score (nSPS) is 12.2. The lowest BCUT2D eigenvalue weighted by molar-refractivity contribution is 0.415. The van der Waals surface area contributed by atoms with Crippen molar-refractivity contribution in [1.82, 2.24) is 0 Å². The predicted octanol–water partition coefficient (Wildman–Crippen LogP) is 4.38. The lowest BCUT2D eigenvalue weighted by atomic mass is 9.99. The minimum absolute atomic E-state index is 0.284. The van der Waals surface area contributed by atoms with E-state index in [9.17, 15) is 4.39 Å². The molecule has 1 unspecified atom stereocenters. The molecule has 2 aromatic rings. The maximum absolute atomic E-state index is 13.2. The van der Waals surface area contributed by atoms with E-state index in [1.54, 1.807) is 18.2 Å². The summed E-state index contributed by atoms with van der Waals surface area (Å²) in [7, 11) is 1.52. The van der Waals surface area contributed by atoms with Crippen molar-refractivity contribution in [2.45, 2.75) is 12.5 Å². The van der Waals surface area contributed by atoms with E-state index in [0.29, 0.717) is 27.8 Å². The Kier molecular flexibility index (Phi) is 4.86. The largest absolute Gasteiger partial charge is 0.495 e. The van der Waals surface area contributed by atoms with E-state index in [4.69, 9.17) is 33.7 Å². The second-order valence-corrected chi connectivity index (χ2v) is 5.26. The Morgan fingerprint density at radius 2 is 1.95 bits per heavy atom. The molecule has 0 spiro atoms. The van der Waals surface area contributed by atoms with Gasteiger partial charge in [0, 0.05) is 17.1 Å². The summed E-state index contributed by atoms with van der Waals surface area (Å²) in [6.45, 7) is 0. The van der Waals surface area contributed by atoms with Crippen molar-refractivity contribution < 1.29 is 9.13 Å². The van der Waals surface area contributed by atoms with E-state index >= 15 is 0 Å². The number of nitrogens with two attached hydrogens (primary N) is 1. The summed E-state index contributed by atoms with van der Waals surface area (Å²) in [6, 6.07) is 9.28. The number of hydrogen-bond acceptors (Lipinski definition) is 2. The van der Waals surface area contributed by atoms with Crippen LogP contribution in [-0.4, -0.2) is 7.11 Å². The summed E-state index contributed by atoms with van der Waals surface area (Å²) in [6.07, 6.45) is 0.472. The molecule has 5 heteroatoms. The molecule has 0 radical (unpaired) electrons. The Labute approximate surface area is 127 Å². The zero-order chi connectivity index (χ0) is 14.7. The summed E-state index contributed by atoms with van der Waals surface area (Å²) in [4.78, 5) is 0. The highest BCUT2D eigenvalue weighted by Gasteiger charge is 2.15. The van der Waals surface area contributed by atoms with E-state index in [0.717, 1.165) is 5.56 Å². The first-order valence-electron chi connectivity index (χ1n) is 6.04. The van der Waals surface area contributed by atoms with E-state index in [1.165, 1.54) is 19.2 Å². The highest BCUT2D eigenvalue weighted by Crippen LogP contribution is 2.34. The molecule has 20 heavy (non-hydrogen) atoms. The van der Waals surface area contributed by atoms with Crippen LogP contribution >= 0.6 is 23.2 Å². The van der Waals surface area contributed by atoms with Crippen molar-refractivity contribution in [2.75, 3.05) is 7.11 Å². The molecule has 1 atom stereocenters. The molecule has 0 aliphatic heterocycles. The van der Waals surface area contributed by atoms with Gasteiger partial charge in [-0.3, -0.25) is 0 Å². The van der Waals surface area contributed by atoms with Gasteiger partial charge in [0.2, 0.25) is 0 Å². The van der Waals surface area contributed by atoms with Crippen molar-refractivity contribution in [2.24, 2.45) is 5.73 Å². The number of methoxy groups -OCH3 is 1. The maximum Gasteiger partial charge on any atom is 0.138 e. The van der Waals surface area contributed by atoms with Gasteiger partial charge in [-0.05, 0) is 35.7 Å². The molecule has 0 saturated carbocycles. The average Bonchev–Trinajstić information content (AvgIpc) is 2.40. The lowest BCUT2D eigenvalue weighted by Crippen LogP contribution is -2.14. The van der Waals surface area contributed by atoms with Gasteiger partial charge >= 0.3 is 0 Å². The Bertz CT molecular complexity index is 619. The van der Waals surface area contributed by atoms with Crippen LogP contribution < -0.4 is 10.5 Å². The Hall–Kier alpha value is -1.29. The highest BCUT2D eigenvalue weighted by atomic mass is 35.5. The van der Waals surface area contributed by atoms with Crippen LogP contribution in [0.5, 0.6) is 5.75 Å². The summed E-state index contributed by atoms with van der Waals surface area (Å²) in [5, 5.41) is 0.928. The average molecular weight is 314 g/mol. The van der Waals surface area contributed by atoms with Crippen LogP contribution in [0.4, 0.5) is 4.39 Å². The third-order valence-corrected chi connectivity index (χ3v) is 3.64. The zero-order valence-corrected chi connectivity index (χ0v) is 12.4. The van der Waals surface area contributed by atoms with E-state index in [1.807, 2.05) is 6.07 Å². The van der Waals surface area contributed by atoms with Crippen molar-refractivity contribution in [3.8, 4) is 5.75 Å². The topological polar surface area (TPSA) is 35.2 Å². The van der Waals surface area contributed by atoms with Crippen molar-refractivity contribution >= 4 is 23.2 Å². The number of benzene rings is 2. The van der Waals surface area contributed by atoms with Crippen LogP contribution in [0.15, 0.2) is 36.4 Å². The van der Waals surface area contributed by atoms with Gasteiger partial charge in [-0.1, -0.05) is 35.3 Å².